The average Bonchev–Trinajstić information content (AvgIpc) is 2.64. The minimum Gasteiger partial charge on any atom is -0.312 e. The van der Waals surface area contributed by atoms with Gasteiger partial charge in [0.25, 0.3) is 5.91 Å². The zero-order chi connectivity index (χ0) is 15.1. The van der Waals surface area contributed by atoms with E-state index in [2.05, 4.69) is 0 Å². The van der Waals surface area contributed by atoms with Gasteiger partial charge in [0, 0.05) is 6.04 Å². The Hall–Kier alpha value is -2.05. The fourth-order valence-electron chi connectivity index (χ4n) is 1.98. The number of urea groups is 1. The molecule has 0 radical (unpaired) electrons. The molecule has 1 aromatic rings. The van der Waals surface area contributed by atoms with E-state index in [1.165, 1.54) is 4.90 Å². The molecule has 0 unspecified atom stereocenters. The molecule has 0 bridgehead atoms. The first-order chi connectivity index (χ1) is 9.21. The van der Waals surface area contributed by atoms with Gasteiger partial charge in [0.05, 0.1) is 11.3 Å². The molecule has 0 atom stereocenters. The highest BCUT2D eigenvalue weighted by atomic mass is 19.4. The maximum atomic E-state index is 12.5. The fourth-order valence-corrected chi connectivity index (χ4v) is 1.98. The van der Waals surface area contributed by atoms with Crippen molar-refractivity contribution in [1.29, 1.82) is 0 Å². The Labute approximate surface area is 113 Å². The van der Waals surface area contributed by atoms with Crippen LogP contribution in [0.2, 0.25) is 0 Å². The molecule has 4 nitrogen and oxygen atoms in total. The molecule has 1 saturated heterocycles. The van der Waals surface area contributed by atoms with E-state index < -0.39 is 23.7 Å². The van der Waals surface area contributed by atoms with Crippen LogP contribution in [0.15, 0.2) is 24.3 Å². The van der Waals surface area contributed by atoms with Crippen LogP contribution >= 0.6 is 0 Å². The van der Waals surface area contributed by atoms with Crippen molar-refractivity contribution in [1.82, 2.24) is 4.90 Å². The van der Waals surface area contributed by atoms with Gasteiger partial charge in [-0.1, -0.05) is 0 Å². The monoisotopic (exact) mass is 286 g/mol. The SMILES string of the molecule is CC(C)N1CC(=O)N(c2ccc(C(F)(F)F)cc2)C1=O. The summed E-state index contributed by atoms with van der Waals surface area (Å²) in [7, 11) is 0. The molecule has 2 rings (SSSR count). The molecule has 1 fully saturated rings. The first kappa shape index (κ1) is 14.4. The van der Waals surface area contributed by atoms with E-state index in [0.717, 1.165) is 29.2 Å². The minimum atomic E-state index is -4.44. The van der Waals surface area contributed by atoms with Crippen molar-refractivity contribution in [3.8, 4) is 0 Å². The molecular weight excluding hydrogens is 273 g/mol. The van der Waals surface area contributed by atoms with Gasteiger partial charge in [0.1, 0.15) is 6.54 Å². The summed E-state index contributed by atoms with van der Waals surface area (Å²) >= 11 is 0. The summed E-state index contributed by atoms with van der Waals surface area (Å²) in [5, 5.41) is 0. The van der Waals surface area contributed by atoms with Crippen LogP contribution in [0.3, 0.4) is 0 Å². The molecule has 0 saturated carbocycles. The van der Waals surface area contributed by atoms with Crippen LogP contribution in [0.25, 0.3) is 0 Å². The van der Waals surface area contributed by atoms with Gasteiger partial charge in [-0.25, -0.2) is 9.69 Å². The Bertz CT molecular complexity index is 538. The Morgan fingerprint density at radius 2 is 1.65 bits per heavy atom. The van der Waals surface area contributed by atoms with Gasteiger partial charge < -0.3 is 4.90 Å². The summed E-state index contributed by atoms with van der Waals surface area (Å²) in [6.45, 7) is 3.47. The van der Waals surface area contributed by atoms with E-state index in [1.807, 2.05) is 0 Å². The first-order valence-corrected chi connectivity index (χ1v) is 6.02. The van der Waals surface area contributed by atoms with Gasteiger partial charge in [0.15, 0.2) is 0 Å². The van der Waals surface area contributed by atoms with Crippen LogP contribution < -0.4 is 4.90 Å². The van der Waals surface area contributed by atoms with Gasteiger partial charge in [-0.15, -0.1) is 0 Å². The topological polar surface area (TPSA) is 40.6 Å². The minimum absolute atomic E-state index is 0.0580. The third-order valence-electron chi connectivity index (χ3n) is 3.07. The van der Waals surface area contributed by atoms with Gasteiger partial charge in [-0.2, -0.15) is 13.2 Å². The highest BCUT2D eigenvalue weighted by Crippen LogP contribution is 2.31. The molecule has 3 amide bonds. The van der Waals surface area contributed by atoms with E-state index >= 15 is 0 Å². The average molecular weight is 286 g/mol. The molecule has 7 heteroatoms. The molecule has 0 spiro atoms. The number of carbonyl (C=O) groups excluding carboxylic acids is 2. The number of benzene rings is 1. The van der Waals surface area contributed by atoms with E-state index in [4.69, 9.17) is 0 Å². The van der Waals surface area contributed by atoms with Crippen LogP contribution in [0, 0.1) is 0 Å². The first-order valence-electron chi connectivity index (χ1n) is 6.02. The van der Waals surface area contributed by atoms with Gasteiger partial charge in [0.2, 0.25) is 0 Å². The van der Waals surface area contributed by atoms with Crippen molar-refractivity contribution >= 4 is 17.6 Å². The largest absolute Gasteiger partial charge is 0.416 e. The molecule has 0 N–H and O–H groups in total. The highest BCUT2D eigenvalue weighted by Gasteiger charge is 2.38. The number of amides is 3. The summed E-state index contributed by atoms with van der Waals surface area (Å²) < 4.78 is 37.4. The Balaban J connectivity index is 2.28. The molecule has 1 aliphatic heterocycles. The van der Waals surface area contributed by atoms with Crippen LogP contribution in [0.5, 0.6) is 0 Å². The van der Waals surface area contributed by atoms with E-state index in [-0.39, 0.29) is 18.3 Å². The summed E-state index contributed by atoms with van der Waals surface area (Å²) in [6.07, 6.45) is -4.44. The maximum absolute atomic E-state index is 12.5. The van der Waals surface area contributed by atoms with Crippen molar-refractivity contribution in [3.05, 3.63) is 29.8 Å². The molecule has 1 aliphatic rings. The van der Waals surface area contributed by atoms with Crippen molar-refractivity contribution in [2.75, 3.05) is 11.4 Å². The third kappa shape index (κ3) is 2.48. The van der Waals surface area contributed by atoms with Crippen LogP contribution in [-0.4, -0.2) is 29.4 Å². The lowest BCUT2D eigenvalue weighted by molar-refractivity contribution is -0.137. The number of carbonyl (C=O) groups is 2. The lowest BCUT2D eigenvalue weighted by Gasteiger charge is -2.20. The standard InChI is InChI=1S/C13H13F3N2O2/c1-8(2)17-7-11(19)18(12(17)20)10-5-3-9(4-6-10)13(14,15)16/h3-6,8H,7H2,1-2H3. The highest BCUT2D eigenvalue weighted by molar-refractivity contribution is 6.19. The van der Waals surface area contributed by atoms with Gasteiger partial charge in [-0.3, -0.25) is 4.79 Å². The molecule has 0 aliphatic carbocycles. The summed E-state index contributed by atoms with van der Waals surface area (Å²) in [6, 6.07) is 3.31. The normalized spacial score (nSPS) is 16.5. The molecule has 20 heavy (non-hydrogen) atoms. The van der Waals surface area contributed by atoms with Crippen molar-refractivity contribution < 1.29 is 22.8 Å². The molecular formula is C13H13F3N2O2. The summed E-state index contributed by atoms with van der Waals surface area (Å²) in [5.74, 6) is -0.441. The third-order valence-corrected chi connectivity index (χ3v) is 3.07. The summed E-state index contributed by atoms with van der Waals surface area (Å²) in [5.41, 5.74) is -0.669. The Kier molecular flexibility index (Phi) is 3.45. The second-order valence-corrected chi connectivity index (χ2v) is 4.78. The molecule has 0 aromatic heterocycles. The number of hydrogen-bond acceptors (Lipinski definition) is 2. The number of rotatable bonds is 2. The number of anilines is 1. The molecule has 1 aromatic carbocycles. The number of hydrogen-bond donors (Lipinski definition) is 0. The predicted octanol–water partition coefficient (Wildman–Crippen LogP) is 2.88. The van der Waals surface area contributed by atoms with Crippen molar-refractivity contribution in [2.45, 2.75) is 26.1 Å². The van der Waals surface area contributed by atoms with Gasteiger partial charge in [-0.05, 0) is 38.1 Å². The number of alkyl halides is 3. The Morgan fingerprint density at radius 3 is 2.05 bits per heavy atom. The summed E-state index contributed by atoms with van der Waals surface area (Å²) in [4.78, 5) is 26.1. The second kappa shape index (κ2) is 4.81. The molecule has 1 heterocycles. The number of halogens is 3. The second-order valence-electron chi connectivity index (χ2n) is 4.78. The zero-order valence-corrected chi connectivity index (χ0v) is 10.9. The van der Waals surface area contributed by atoms with Gasteiger partial charge >= 0.3 is 12.2 Å². The van der Waals surface area contributed by atoms with Crippen LogP contribution in [0.1, 0.15) is 19.4 Å². The van der Waals surface area contributed by atoms with Crippen molar-refractivity contribution in [3.63, 3.8) is 0 Å². The number of nitrogens with zero attached hydrogens (tertiary/aromatic N) is 2. The molecule has 108 valence electrons. The van der Waals surface area contributed by atoms with Crippen LogP contribution in [-0.2, 0) is 11.0 Å². The lowest BCUT2D eigenvalue weighted by Crippen LogP contribution is -2.36. The van der Waals surface area contributed by atoms with Crippen LogP contribution in [0.4, 0.5) is 23.7 Å². The van der Waals surface area contributed by atoms with E-state index in [0.29, 0.717) is 0 Å². The quantitative estimate of drug-likeness (QED) is 0.784. The Morgan fingerprint density at radius 1 is 1.10 bits per heavy atom. The van der Waals surface area contributed by atoms with E-state index in [9.17, 15) is 22.8 Å². The van der Waals surface area contributed by atoms with E-state index in [1.54, 1.807) is 13.8 Å². The number of imide groups is 1. The zero-order valence-electron chi connectivity index (χ0n) is 10.9. The smallest absolute Gasteiger partial charge is 0.312 e. The fraction of sp³-hybridized carbons (Fsp3) is 0.385. The van der Waals surface area contributed by atoms with Crippen molar-refractivity contribution in [2.24, 2.45) is 0 Å². The predicted molar refractivity (Wildman–Crippen MR) is 66.2 cm³/mol. The maximum Gasteiger partial charge on any atom is 0.416 e. The lowest BCUT2D eigenvalue weighted by atomic mass is 10.2.